The summed E-state index contributed by atoms with van der Waals surface area (Å²) in [5, 5.41) is 18.8. The van der Waals surface area contributed by atoms with Crippen molar-refractivity contribution < 1.29 is 9.84 Å². The molecule has 0 saturated heterocycles. The van der Waals surface area contributed by atoms with Crippen molar-refractivity contribution in [1.82, 2.24) is 4.68 Å². The van der Waals surface area contributed by atoms with Gasteiger partial charge in [0.15, 0.2) is 0 Å². The van der Waals surface area contributed by atoms with E-state index < -0.39 is 0 Å². The highest BCUT2D eigenvalue weighted by atomic mass is 32.1. The fourth-order valence-corrected chi connectivity index (χ4v) is 3.82. The van der Waals surface area contributed by atoms with Crippen LogP contribution in [0.4, 0.5) is 0 Å². The van der Waals surface area contributed by atoms with Crippen molar-refractivity contribution in [2.24, 2.45) is 10.1 Å². The lowest BCUT2D eigenvalue weighted by atomic mass is 10.2. The third-order valence-electron chi connectivity index (χ3n) is 3.44. The number of thiazole rings is 1. The van der Waals surface area contributed by atoms with E-state index in [-0.39, 0.29) is 5.75 Å². The summed E-state index contributed by atoms with van der Waals surface area (Å²) in [5.41, 5.74) is 1.61. The Kier molecular flexibility index (Phi) is 5.67. The minimum Gasteiger partial charge on any atom is -0.507 e. The first kappa shape index (κ1) is 17.4. The van der Waals surface area contributed by atoms with Gasteiger partial charge in [-0.15, -0.1) is 22.7 Å². The summed E-state index contributed by atoms with van der Waals surface area (Å²) in [6, 6.07) is 9.30. The van der Waals surface area contributed by atoms with Crippen molar-refractivity contribution in [1.29, 1.82) is 0 Å². The van der Waals surface area contributed by atoms with Gasteiger partial charge in [-0.25, -0.2) is 4.68 Å². The fourth-order valence-electron chi connectivity index (χ4n) is 2.22. The van der Waals surface area contributed by atoms with Gasteiger partial charge in [-0.2, -0.15) is 5.10 Å². The van der Waals surface area contributed by atoms with E-state index in [4.69, 9.17) is 4.74 Å². The molecular weight excluding hydrogens is 354 g/mol. The van der Waals surface area contributed by atoms with E-state index in [0.29, 0.717) is 17.9 Å². The SMILES string of the molecule is CCCOc1ccc(C=Nn2c(-c3cccs3)csc2=NC)c(O)c1. The molecule has 0 unspecified atom stereocenters. The number of phenols is 1. The molecule has 5 nitrogen and oxygen atoms in total. The second-order valence-electron chi connectivity index (χ2n) is 5.23. The lowest BCUT2D eigenvalue weighted by molar-refractivity contribution is 0.315. The van der Waals surface area contributed by atoms with Crippen LogP contribution >= 0.6 is 22.7 Å². The van der Waals surface area contributed by atoms with Crippen molar-refractivity contribution in [3.63, 3.8) is 0 Å². The number of hydrogen-bond donors (Lipinski definition) is 1. The lowest BCUT2D eigenvalue weighted by Gasteiger charge is -2.06. The largest absolute Gasteiger partial charge is 0.507 e. The van der Waals surface area contributed by atoms with E-state index in [1.54, 1.807) is 41.4 Å². The molecule has 0 aliphatic heterocycles. The van der Waals surface area contributed by atoms with Crippen molar-refractivity contribution in [3.05, 3.63) is 51.5 Å². The molecule has 0 saturated carbocycles. The van der Waals surface area contributed by atoms with Crippen molar-refractivity contribution in [2.45, 2.75) is 13.3 Å². The molecule has 0 amide bonds. The van der Waals surface area contributed by atoms with Crippen molar-refractivity contribution in [2.75, 3.05) is 13.7 Å². The van der Waals surface area contributed by atoms with Gasteiger partial charge in [-0.05, 0) is 30.0 Å². The van der Waals surface area contributed by atoms with E-state index in [1.807, 2.05) is 29.8 Å². The molecule has 2 heterocycles. The monoisotopic (exact) mass is 373 g/mol. The molecule has 3 rings (SSSR count). The zero-order valence-electron chi connectivity index (χ0n) is 14.0. The molecule has 0 spiro atoms. The summed E-state index contributed by atoms with van der Waals surface area (Å²) in [5.74, 6) is 0.795. The van der Waals surface area contributed by atoms with Crippen LogP contribution in [0.25, 0.3) is 10.6 Å². The smallest absolute Gasteiger partial charge is 0.205 e. The van der Waals surface area contributed by atoms with Crippen molar-refractivity contribution >= 4 is 28.9 Å². The standard InChI is InChI=1S/C18H19N3O2S2/c1-3-8-23-14-7-6-13(16(22)10-14)11-20-21-15(12-25-18(21)19-2)17-5-4-9-24-17/h4-7,9-12,22H,3,8H2,1-2H3. The number of thiophene rings is 1. The first-order chi connectivity index (χ1) is 12.2. The van der Waals surface area contributed by atoms with Crippen LogP contribution in [0.3, 0.4) is 0 Å². The van der Waals surface area contributed by atoms with E-state index in [0.717, 1.165) is 21.8 Å². The first-order valence-electron chi connectivity index (χ1n) is 7.90. The van der Waals surface area contributed by atoms with Gasteiger partial charge in [0.1, 0.15) is 11.5 Å². The van der Waals surface area contributed by atoms with Crippen molar-refractivity contribution in [3.8, 4) is 22.1 Å². The van der Waals surface area contributed by atoms with Gasteiger partial charge in [-0.1, -0.05) is 13.0 Å². The molecule has 25 heavy (non-hydrogen) atoms. The van der Waals surface area contributed by atoms with Crippen LogP contribution in [0.2, 0.25) is 0 Å². The molecule has 0 fully saturated rings. The molecule has 1 aromatic carbocycles. The maximum atomic E-state index is 10.2. The average molecular weight is 374 g/mol. The van der Waals surface area contributed by atoms with Crippen LogP contribution in [0.1, 0.15) is 18.9 Å². The molecule has 0 aliphatic rings. The third-order valence-corrected chi connectivity index (χ3v) is 5.24. The highest BCUT2D eigenvalue weighted by molar-refractivity contribution is 7.14. The maximum Gasteiger partial charge on any atom is 0.205 e. The van der Waals surface area contributed by atoms with E-state index in [9.17, 15) is 5.11 Å². The minimum absolute atomic E-state index is 0.140. The Morgan fingerprint density at radius 2 is 2.16 bits per heavy atom. The molecule has 130 valence electrons. The van der Waals surface area contributed by atoms with E-state index in [2.05, 4.69) is 16.2 Å². The number of hydrogen-bond acceptors (Lipinski definition) is 6. The average Bonchev–Trinajstić information content (AvgIpc) is 3.28. The molecular formula is C18H19N3O2S2. The van der Waals surface area contributed by atoms with Gasteiger partial charge in [0, 0.05) is 24.1 Å². The van der Waals surface area contributed by atoms with Gasteiger partial charge in [0.05, 0.1) is 23.4 Å². The highest BCUT2D eigenvalue weighted by Gasteiger charge is 2.08. The predicted octanol–water partition coefficient (Wildman–Crippen LogP) is 4.19. The van der Waals surface area contributed by atoms with E-state index >= 15 is 0 Å². The Bertz CT molecular complexity index is 924. The molecule has 0 aliphatic carbocycles. The fraction of sp³-hybridized carbons (Fsp3) is 0.222. The van der Waals surface area contributed by atoms with Gasteiger partial charge in [0.2, 0.25) is 4.80 Å². The summed E-state index contributed by atoms with van der Waals surface area (Å²) in [4.78, 5) is 6.19. The maximum absolute atomic E-state index is 10.2. The number of nitrogens with zero attached hydrogens (tertiary/aromatic N) is 3. The predicted molar refractivity (Wildman–Crippen MR) is 104 cm³/mol. The minimum atomic E-state index is 0.140. The zero-order valence-corrected chi connectivity index (χ0v) is 15.7. The second kappa shape index (κ2) is 8.13. The number of phenolic OH excluding ortho intramolecular Hbond substituents is 1. The Balaban J connectivity index is 1.91. The van der Waals surface area contributed by atoms with Gasteiger partial charge in [0.25, 0.3) is 0 Å². The van der Waals surface area contributed by atoms with Gasteiger partial charge < -0.3 is 9.84 Å². The zero-order chi connectivity index (χ0) is 17.6. The van der Waals surface area contributed by atoms with Crippen LogP contribution < -0.4 is 9.54 Å². The summed E-state index contributed by atoms with van der Waals surface area (Å²) < 4.78 is 7.31. The van der Waals surface area contributed by atoms with Crippen LogP contribution in [0.5, 0.6) is 11.5 Å². The normalized spacial score (nSPS) is 12.2. The number of rotatable bonds is 6. The quantitative estimate of drug-likeness (QED) is 0.659. The Morgan fingerprint density at radius 1 is 1.28 bits per heavy atom. The van der Waals surface area contributed by atoms with Crippen LogP contribution in [-0.2, 0) is 0 Å². The molecule has 0 bridgehead atoms. The van der Waals surface area contributed by atoms with E-state index in [1.165, 1.54) is 11.3 Å². The number of aromatic nitrogens is 1. The van der Waals surface area contributed by atoms with Gasteiger partial charge >= 0.3 is 0 Å². The molecule has 0 radical (unpaired) electrons. The number of ether oxygens (including phenoxy) is 1. The summed E-state index contributed by atoms with van der Waals surface area (Å²) in [6.07, 6.45) is 2.56. The second-order valence-corrected chi connectivity index (χ2v) is 7.01. The molecule has 3 aromatic rings. The molecule has 2 aromatic heterocycles. The number of benzene rings is 1. The molecule has 7 heteroatoms. The molecule has 0 atom stereocenters. The Morgan fingerprint density at radius 3 is 2.84 bits per heavy atom. The van der Waals surface area contributed by atoms with Gasteiger partial charge in [-0.3, -0.25) is 4.99 Å². The highest BCUT2D eigenvalue weighted by Crippen LogP contribution is 2.26. The van der Waals surface area contributed by atoms with Crippen LogP contribution in [0.15, 0.2) is 51.2 Å². The summed E-state index contributed by atoms with van der Waals surface area (Å²) in [6.45, 7) is 2.67. The molecule has 1 N–H and O–H groups in total. The lowest BCUT2D eigenvalue weighted by Crippen LogP contribution is -2.11. The Labute approximate surface area is 154 Å². The topological polar surface area (TPSA) is 59.1 Å². The third kappa shape index (κ3) is 4.00. The summed E-state index contributed by atoms with van der Waals surface area (Å²) in [7, 11) is 1.74. The van der Waals surface area contributed by atoms with Crippen LogP contribution in [-0.4, -0.2) is 29.7 Å². The number of aromatic hydroxyl groups is 1. The van der Waals surface area contributed by atoms with Crippen LogP contribution in [0, 0.1) is 0 Å². The Hall–Kier alpha value is -2.38. The first-order valence-corrected chi connectivity index (χ1v) is 9.66. The summed E-state index contributed by atoms with van der Waals surface area (Å²) >= 11 is 3.18.